The highest BCUT2D eigenvalue weighted by Gasteiger charge is 2.31. The number of carbonyl (C=O) groups excluding carboxylic acids is 1. The summed E-state index contributed by atoms with van der Waals surface area (Å²) in [6.45, 7) is 14.8. The second-order valence-corrected chi connectivity index (χ2v) is 7.84. The van der Waals surface area contributed by atoms with Gasteiger partial charge in [0.2, 0.25) is 0 Å². The minimum Gasteiger partial charge on any atom is -0.372 e. The van der Waals surface area contributed by atoms with Crippen molar-refractivity contribution in [2.45, 2.75) is 53.7 Å². The van der Waals surface area contributed by atoms with Gasteiger partial charge in [-0.2, -0.15) is 5.26 Å². The Labute approximate surface area is 150 Å². The Morgan fingerprint density at radius 3 is 2.68 bits per heavy atom. The number of rotatable bonds is 4. The number of carbonyl (C=O) groups is 1. The number of aromatic nitrogens is 1. The zero-order valence-electron chi connectivity index (χ0n) is 16.2. The number of nitrogens with zero attached hydrogens (tertiary/aromatic N) is 3. The molecular weight excluding hydrogens is 314 g/mol. The number of nitriles is 1. The molecule has 0 unspecified atom stereocenters. The first-order chi connectivity index (χ1) is 11.6. The lowest BCUT2D eigenvalue weighted by atomic mass is 10.1. The van der Waals surface area contributed by atoms with Crippen molar-refractivity contribution < 1.29 is 9.53 Å². The van der Waals surface area contributed by atoms with Gasteiger partial charge in [0.25, 0.3) is 5.91 Å². The standard InChI is InChI=1S/C20H29N3O2/c1-14(2)12-23-15(3)9-17(16(23)4)10-18(11-21)19(24)22-7-8-25-20(5,6)13-22/h9-10,14H,7-8,12-13H2,1-6H3/b18-10-. The van der Waals surface area contributed by atoms with E-state index in [1.54, 1.807) is 11.0 Å². The Bertz CT molecular complexity index is 720. The van der Waals surface area contributed by atoms with Crippen molar-refractivity contribution in [1.82, 2.24) is 9.47 Å². The van der Waals surface area contributed by atoms with Crippen molar-refractivity contribution in [3.05, 3.63) is 28.6 Å². The second-order valence-electron chi connectivity index (χ2n) is 7.84. The lowest BCUT2D eigenvalue weighted by molar-refractivity contribution is -0.141. The molecule has 1 saturated heterocycles. The molecule has 1 amide bonds. The number of hydrogen-bond donors (Lipinski definition) is 0. The molecule has 1 fully saturated rings. The molecule has 1 aliphatic heterocycles. The van der Waals surface area contributed by atoms with E-state index in [2.05, 4.69) is 31.4 Å². The first-order valence-corrected chi connectivity index (χ1v) is 8.86. The van der Waals surface area contributed by atoms with Gasteiger partial charge in [0.1, 0.15) is 11.6 Å². The molecule has 1 aliphatic rings. The van der Waals surface area contributed by atoms with Crippen LogP contribution in [-0.2, 0) is 16.1 Å². The van der Waals surface area contributed by atoms with Crippen molar-refractivity contribution in [3.63, 3.8) is 0 Å². The predicted molar refractivity (Wildman–Crippen MR) is 98.9 cm³/mol. The highest BCUT2D eigenvalue weighted by Crippen LogP contribution is 2.22. The molecular formula is C20H29N3O2. The molecule has 0 bridgehead atoms. The summed E-state index contributed by atoms with van der Waals surface area (Å²) in [7, 11) is 0. The van der Waals surface area contributed by atoms with Crippen LogP contribution in [0.4, 0.5) is 0 Å². The molecule has 136 valence electrons. The number of hydrogen-bond acceptors (Lipinski definition) is 3. The summed E-state index contributed by atoms with van der Waals surface area (Å²) in [5, 5.41) is 9.53. The molecule has 2 heterocycles. The van der Waals surface area contributed by atoms with Gasteiger partial charge in [-0.1, -0.05) is 13.8 Å². The molecule has 0 saturated carbocycles. The van der Waals surface area contributed by atoms with E-state index in [0.717, 1.165) is 23.5 Å². The van der Waals surface area contributed by atoms with Crippen LogP contribution in [0, 0.1) is 31.1 Å². The third-order valence-corrected chi connectivity index (χ3v) is 4.52. The Morgan fingerprint density at radius 2 is 2.12 bits per heavy atom. The first-order valence-electron chi connectivity index (χ1n) is 8.86. The van der Waals surface area contributed by atoms with Crippen LogP contribution in [0.3, 0.4) is 0 Å². The Hall–Kier alpha value is -2.06. The van der Waals surface area contributed by atoms with Gasteiger partial charge in [0.15, 0.2) is 0 Å². The summed E-state index contributed by atoms with van der Waals surface area (Å²) in [5.41, 5.74) is 2.99. The molecule has 0 atom stereocenters. The summed E-state index contributed by atoms with van der Waals surface area (Å²) in [6.07, 6.45) is 1.73. The van der Waals surface area contributed by atoms with E-state index in [4.69, 9.17) is 4.74 Å². The van der Waals surface area contributed by atoms with Crippen LogP contribution in [0.5, 0.6) is 0 Å². The van der Waals surface area contributed by atoms with E-state index < -0.39 is 0 Å². The lowest BCUT2D eigenvalue weighted by Gasteiger charge is -2.38. The molecule has 0 aromatic carbocycles. The van der Waals surface area contributed by atoms with Crippen molar-refractivity contribution in [3.8, 4) is 6.07 Å². The summed E-state index contributed by atoms with van der Waals surface area (Å²) in [4.78, 5) is 14.5. The van der Waals surface area contributed by atoms with E-state index in [1.807, 2.05) is 26.8 Å². The highest BCUT2D eigenvalue weighted by molar-refractivity contribution is 6.01. The third-order valence-electron chi connectivity index (χ3n) is 4.52. The maximum absolute atomic E-state index is 12.8. The minimum atomic E-state index is -0.373. The van der Waals surface area contributed by atoms with Crippen LogP contribution in [0.25, 0.3) is 6.08 Å². The van der Waals surface area contributed by atoms with E-state index in [-0.39, 0.29) is 17.1 Å². The molecule has 0 spiro atoms. The average Bonchev–Trinajstić information content (AvgIpc) is 2.78. The molecule has 5 heteroatoms. The Kier molecular flexibility index (Phi) is 5.74. The van der Waals surface area contributed by atoms with Gasteiger partial charge in [-0.25, -0.2) is 0 Å². The minimum absolute atomic E-state index is 0.183. The van der Waals surface area contributed by atoms with E-state index in [0.29, 0.717) is 25.6 Å². The zero-order chi connectivity index (χ0) is 18.8. The second kappa shape index (κ2) is 7.45. The number of morpholine rings is 1. The normalized spacial score (nSPS) is 17.7. The first kappa shape index (κ1) is 19.3. The van der Waals surface area contributed by atoms with Crippen molar-refractivity contribution in [1.29, 1.82) is 5.26 Å². The summed E-state index contributed by atoms with van der Waals surface area (Å²) in [6, 6.07) is 4.14. The molecule has 0 aliphatic carbocycles. The number of ether oxygens (including phenoxy) is 1. The fourth-order valence-electron chi connectivity index (χ4n) is 3.28. The van der Waals surface area contributed by atoms with Crippen LogP contribution < -0.4 is 0 Å². The molecule has 1 aromatic heterocycles. The summed E-state index contributed by atoms with van der Waals surface area (Å²) < 4.78 is 7.90. The van der Waals surface area contributed by atoms with Gasteiger partial charge < -0.3 is 14.2 Å². The van der Waals surface area contributed by atoms with Gasteiger partial charge in [0, 0.05) is 31.0 Å². The molecule has 25 heavy (non-hydrogen) atoms. The largest absolute Gasteiger partial charge is 0.372 e. The fraction of sp³-hybridized carbons (Fsp3) is 0.600. The summed E-state index contributed by atoms with van der Waals surface area (Å²) >= 11 is 0. The average molecular weight is 343 g/mol. The molecule has 0 N–H and O–H groups in total. The SMILES string of the molecule is Cc1cc(/C=C(/C#N)C(=O)N2CCOC(C)(C)C2)c(C)n1CC(C)C. The van der Waals surface area contributed by atoms with Crippen LogP contribution in [0.2, 0.25) is 0 Å². The molecule has 5 nitrogen and oxygen atoms in total. The third kappa shape index (κ3) is 4.52. The van der Waals surface area contributed by atoms with Gasteiger partial charge in [0.05, 0.1) is 12.2 Å². The quantitative estimate of drug-likeness (QED) is 0.622. The van der Waals surface area contributed by atoms with Crippen LogP contribution in [0.15, 0.2) is 11.6 Å². The maximum Gasteiger partial charge on any atom is 0.264 e. The smallest absolute Gasteiger partial charge is 0.264 e. The predicted octanol–water partition coefficient (Wildman–Crippen LogP) is 3.31. The number of amides is 1. The Morgan fingerprint density at radius 1 is 1.44 bits per heavy atom. The van der Waals surface area contributed by atoms with Gasteiger partial charge in [-0.15, -0.1) is 0 Å². The van der Waals surface area contributed by atoms with Crippen molar-refractivity contribution in [2.75, 3.05) is 19.7 Å². The van der Waals surface area contributed by atoms with Crippen molar-refractivity contribution in [2.24, 2.45) is 5.92 Å². The number of aryl methyl sites for hydroxylation is 1. The molecule has 0 radical (unpaired) electrons. The van der Waals surface area contributed by atoms with Gasteiger partial charge >= 0.3 is 0 Å². The van der Waals surface area contributed by atoms with Crippen LogP contribution in [-0.4, -0.2) is 40.7 Å². The van der Waals surface area contributed by atoms with E-state index in [1.165, 1.54) is 0 Å². The Balaban J connectivity index is 2.29. The monoisotopic (exact) mass is 343 g/mol. The lowest BCUT2D eigenvalue weighted by Crippen LogP contribution is -2.50. The van der Waals surface area contributed by atoms with Gasteiger partial charge in [-0.3, -0.25) is 4.79 Å². The maximum atomic E-state index is 12.8. The fourth-order valence-corrected chi connectivity index (χ4v) is 3.28. The molecule has 1 aromatic rings. The van der Waals surface area contributed by atoms with Gasteiger partial charge in [-0.05, 0) is 51.3 Å². The summed E-state index contributed by atoms with van der Waals surface area (Å²) in [5.74, 6) is 0.321. The zero-order valence-corrected chi connectivity index (χ0v) is 16.2. The topological polar surface area (TPSA) is 58.3 Å². The molecule has 2 rings (SSSR count). The van der Waals surface area contributed by atoms with E-state index in [9.17, 15) is 10.1 Å². The van der Waals surface area contributed by atoms with E-state index >= 15 is 0 Å². The van der Waals surface area contributed by atoms with Crippen molar-refractivity contribution >= 4 is 12.0 Å². The highest BCUT2D eigenvalue weighted by atomic mass is 16.5. The van der Waals surface area contributed by atoms with Crippen LogP contribution in [0.1, 0.15) is 44.6 Å². The van der Waals surface area contributed by atoms with Crippen LogP contribution >= 0.6 is 0 Å².